The molecular formula is C22H26ClN3O5. The highest BCUT2D eigenvalue weighted by Gasteiger charge is 2.36. The summed E-state index contributed by atoms with van der Waals surface area (Å²) in [6.07, 6.45) is 0.304. The van der Waals surface area contributed by atoms with Crippen molar-refractivity contribution < 1.29 is 23.9 Å². The van der Waals surface area contributed by atoms with E-state index in [1.54, 1.807) is 59.9 Å². The van der Waals surface area contributed by atoms with Gasteiger partial charge in [0.05, 0.1) is 16.8 Å². The normalized spacial score (nSPS) is 13.4. The molecular weight excluding hydrogens is 422 g/mol. The molecule has 8 nitrogen and oxygen atoms in total. The highest BCUT2D eigenvalue weighted by atomic mass is 35.5. The molecule has 166 valence electrons. The van der Waals surface area contributed by atoms with Crippen LogP contribution in [0.4, 0.5) is 0 Å². The minimum atomic E-state index is -1.42. The van der Waals surface area contributed by atoms with Crippen molar-refractivity contribution in [2.75, 3.05) is 0 Å². The average molecular weight is 448 g/mol. The predicted molar refractivity (Wildman–Crippen MR) is 118 cm³/mol. The molecule has 3 aromatic rings. The fraction of sp³-hybridized carbons (Fsp3) is 0.409. The summed E-state index contributed by atoms with van der Waals surface area (Å²) in [6.45, 7) is 10.4. The van der Waals surface area contributed by atoms with Crippen molar-refractivity contribution in [3.05, 3.63) is 40.8 Å². The van der Waals surface area contributed by atoms with Gasteiger partial charge in [-0.15, -0.1) is 0 Å². The van der Waals surface area contributed by atoms with Crippen LogP contribution in [0.1, 0.15) is 63.7 Å². The van der Waals surface area contributed by atoms with Crippen molar-refractivity contribution in [3.8, 4) is 0 Å². The van der Waals surface area contributed by atoms with Crippen LogP contribution >= 0.6 is 11.6 Å². The molecule has 0 aliphatic carbocycles. The lowest BCUT2D eigenvalue weighted by Crippen LogP contribution is -2.31. The first-order valence-corrected chi connectivity index (χ1v) is 10.1. The zero-order valence-corrected chi connectivity index (χ0v) is 19.1. The van der Waals surface area contributed by atoms with Gasteiger partial charge in [-0.1, -0.05) is 23.7 Å². The number of aromatic nitrogens is 2. The molecule has 0 amide bonds. The molecule has 0 saturated heterocycles. The first-order chi connectivity index (χ1) is 14.3. The van der Waals surface area contributed by atoms with Gasteiger partial charge in [0, 0.05) is 22.4 Å². The molecule has 3 N–H and O–H groups in total. The molecule has 0 aliphatic rings. The van der Waals surface area contributed by atoms with E-state index in [1.165, 1.54) is 0 Å². The van der Waals surface area contributed by atoms with Gasteiger partial charge >= 0.3 is 11.9 Å². The summed E-state index contributed by atoms with van der Waals surface area (Å²) in [5.74, 6) is 4.05. The third-order valence-electron chi connectivity index (χ3n) is 4.25. The van der Waals surface area contributed by atoms with Crippen LogP contribution in [0, 0.1) is 0 Å². The molecule has 0 spiro atoms. The number of fused-ring (bicyclic) bond motifs is 3. The number of carbonyl (C=O) groups is 2. The summed E-state index contributed by atoms with van der Waals surface area (Å²) in [6, 6.07) is 5.24. The van der Waals surface area contributed by atoms with Crippen LogP contribution in [0.25, 0.3) is 21.7 Å². The van der Waals surface area contributed by atoms with E-state index in [1.807, 2.05) is 6.07 Å². The Hall–Kier alpha value is -2.68. The number of hydrogen-bond acceptors (Lipinski definition) is 7. The number of carbonyl (C=O) groups excluding carboxylic acids is 2. The number of H-pyrrole nitrogens is 1. The molecule has 9 heteroatoms. The van der Waals surface area contributed by atoms with Gasteiger partial charge in [-0.3, -0.25) is 4.84 Å². The van der Waals surface area contributed by atoms with E-state index in [9.17, 15) is 9.59 Å². The Morgan fingerprint density at radius 2 is 1.71 bits per heavy atom. The summed E-state index contributed by atoms with van der Waals surface area (Å²) < 4.78 is 11.0. The van der Waals surface area contributed by atoms with Gasteiger partial charge < -0.3 is 14.5 Å². The van der Waals surface area contributed by atoms with Crippen LogP contribution in [0.15, 0.2) is 24.4 Å². The van der Waals surface area contributed by atoms with Gasteiger partial charge in [0.2, 0.25) is 6.10 Å². The second kappa shape index (κ2) is 8.11. The Bertz CT molecular complexity index is 1160. The van der Waals surface area contributed by atoms with Crippen LogP contribution in [0.2, 0.25) is 5.15 Å². The molecule has 0 bridgehead atoms. The number of nitrogens with one attached hydrogen (secondary N) is 1. The van der Waals surface area contributed by atoms with Gasteiger partial charge in [0.1, 0.15) is 16.4 Å². The highest BCUT2D eigenvalue weighted by molar-refractivity contribution is 6.30. The number of pyridine rings is 1. The Labute approximate surface area is 184 Å². The van der Waals surface area contributed by atoms with Crippen molar-refractivity contribution in [2.45, 2.75) is 58.8 Å². The zero-order chi connectivity index (χ0) is 23.1. The minimum absolute atomic E-state index is 0.0254. The maximum atomic E-state index is 13.1. The largest absolute Gasteiger partial charge is 0.458 e. The average Bonchev–Trinajstić information content (AvgIpc) is 2.99. The van der Waals surface area contributed by atoms with Crippen LogP contribution in [0.5, 0.6) is 0 Å². The number of hydrogen-bond donors (Lipinski definition) is 2. The molecule has 2 heterocycles. The van der Waals surface area contributed by atoms with Gasteiger partial charge in [-0.05, 0) is 47.6 Å². The van der Waals surface area contributed by atoms with Crippen LogP contribution in [-0.2, 0) is 19.1 Å². The molecule has 1 aromatic carbocycles. The highest BCUT2D eigenvalue weighted by Crippen LogP contribution is 2.35. The number of esters is 2. The SMILES string of the molecule is CC(C)(C)OC(=O)c1c(C(ON)C(=O)OC(C)(C)C)nc2c1ccc1c[nH]c(Cl)cc12. The zero-order valence-electron chi connectivity index (χ0n) is 18.3. The molecule has 0 radical (unpaired) electrons. The number of nitrogens with two attached hydrogens (primary N) is 1. The number of nitrogens with zero attached hydrogens (tertiary/aromatic N) is 1. The maximum Gasteiger partial charge on any atom is 0.344 e. The van der Waals surface area contributed by atoms with Crippen LogP contribution < -0.4 is 5.90 Å². The van der Waals surface area contributed by atoms with Crippen LogP contribution in [0.3, 0.4) is 0 Å². The van der Waals surface area contributed by atoms with Crippen LogP contribution in [-0.4, -0.2) is 33.1 Å². The van der Waals surface area contributed by atoms with E-state index >= 15 is 0 Å². The van der Waals surface area contributed by atoms with Crippen molar-refractivity contribution >= 4 is 45.2 Å². The number of ether oxygens (including phenoxy) is 2. The lowest BCUT2D eigenvalue weighted by Gasteiger charge is -2.23. The summed E-state index contributed by atoms with van der Waals surface area (Å²) in [4.78, 5) is 38.4. The number of rotatable bonds is 4. The Balaban J connectivity index is 2.28. The Kier molecular flexibility index (Phi) is 6.01. The first kappa shape index (κ1) is 23.0. The maximum absolute atomic E-state index is 13.1. The molecule has 0 saturated carbocycles. The summed E-state index contributed by atoms with van der Waals surface area (Å²) in [7, 11) is 0. The molecule has 0 aliphatic heterocycles. The van der Waals surface area contributed by atoms with E-state index in [-0.39, 0.29) is 11.3 Å². The third kappa shape index (κ3) is 4.98. The third-order valence-corrected chi connectivity index (χ3v) is 4.47. The first-order valence-electron chi connectivity index (χ1n) is 9.73. The number of benzene rings is 1. The van der Waals surface area contributed by atoms with Crippen molar-refractivity contribution in [1.82, 2.24) is 9.97 Å². The molecule has 2 aromatic heterocycles. The van der Waals surface area contributed by atoms with Crippen molar-refractivity contribution in [1.29, 1.82) is 0 Å². The molecule has 1 atom stereocenters. The summed E-state index contributed by atoms with van der Waals surface area (Å²) in [5, 5.41) is 2.39. The van der Waals surface area contributed by atoms with E-state index in [4.69, 9.17) is 31.8 Å². The molecule has 31 heavy (non-hydrogen) atoms. The topological polar surface area (TPSA) is 117 Å². The monoisotopic (exact) mass is 447 g/mol. The summed E-state index contributed by atoms with van der Waals surface area (Å²) in [5.41, 5.74) is -0.968. The van der Waals surface area contributed by atoms with Gasteiger partial charge in [0.15, 0.2) is 0 Å². The number of halogens is 1. The van der Waals surface area contributed by atoms with Gasteiger partial charge in [-0.25, -0.2) is 20.5 Å². The van der Waals surface area contributed by atoms with E-state index < -0.39 is 29.2 Å². The Morgan fingerprint density at radius 1 is 1.06 bits per heavy atom. The van der Waals surface area contributed by atoms with Crippen molar-refractivity contribution in [3.63, 3.8) is 0 Å². The van der Waals surface area contributed by atoms with E-state index in [0.29, 0.717) is 21.4 Å². The van der Waals surface area contributed by atoms with Gasteiger partial charge in [-0.2, -0.15) is 0 Å². The second-order valence-electron chi connectivity index (χ2n) is 9.17. The molecule has 3 rings (SSSR count). The smallest absolute Gasteiger partial charge is 0.344 e. The van der Waals surface area contributed by atoms with Crippen molar-refractivity contribution in [2.24, 2.45) is 5.90 Å². The molecule has 1 unspecified atom stereocenters. The van der Waals surface area contributed by atoms with E-state index in [0.717, 1.165) is 5.39 Å². The quantitative estimate of drug-likeness (QED) is 0.341. The van der Waals surface area contributed by atoms with Gasteiger partial charge in [0.25, 0.3) is 0 Å². The summed E-state index contributed by atoms with van der Waals surface area (Å²) >= 11 is 6.13. The lowest BCUT2D eigenvalue weighted by atomic mass is 10.0. The fourth-order valence-corrected chi connectivity index (χ4v) is 3.34. The standard InChI is InChI=1S/C22H26ClN3O5/c1-21(2,3)29-19(27)15-12-8-7-11-10-25-14(23)9-13(11)16(12)26-17(15)18(31-24)20(28)30-22(4,5)6/h7-10,18,25H,24H2,1-6H3. The second-order valence-corrected chi connectivity index (χ2v) is 9.58. The lowest BCUT2D eigenvalue weighted by molar-refractivity contribution is -0.169. The molecule has 0 fully saturated rings. The number of aromatic amines is 1. The van der Waals surface area contributed by atoms with E-state index in [2.05, 4.69) is 9.97 Å². The Morgan fingerprint density at radius 3 is 2.29 bits per heavy atom. The fourth-order valence-electron chi connectivity index (χ4n) is 3.17. The minimum Gasteiger partial charge on any atom is -0.458 e. The predicted octanol–water partition coefficient (Wildman–Crippen LogP) is 4.60.